The lowest BCUT2D eigenvalue weighted by Crippen LogP contribution is -2.30. The zero-order chi connectivity index (χ0) is 18.9. The van der Waals surface area contributed by atoms with Gasteiger partial charge in [-0.1, -0.05) is 26.8 Å². The molecule has 1 amide bonds. The summed E-state index contributed by atoms with van der Waals surface area (Å²) in [5.74, 6) is -1.22. The van der Waals surface area contributed by atoms with Crippen molar-refractivity contribution in [2.24, 2.45) is 0 Å². The summed E-state index contributed by atoms with van der Waals surface area (Å²) < 4.78 is 0. The van der Waals surface area contributed by atoms with Gasteiger partial charge in [0.2, 0.25) is 0 Å². The van der Waals surface area contributed by atoms with E-state index in [-0.39, 0.29) is 16.5 Å². The van der Waals surface area contributed by atoms with Crippen molar-refractivity contribution in [3.05, 3.63) is 56.8 Å². The molecule has 0 spiro atoms. The highest BCUT2D eigenvalue weighted by Gasteiger charge is 2.22. The van der Waals surface area contributed by atoms with Gasteiger partial charge in [0.1, 0.15) is 11.4 Å². The minimum atomic E-state index is -1.08. The SMILES string of the molecule is Cc1ccc(NC(=O)c2c(C)nc(C(C)(C)C)[nH]c2=O)cc1C(=O)O. The van der Waals surface area contributed by atoms with Crippen LogP contribution in [-0.2, 0) is 5.41 Å². The van der Waals surface area contributed by atoms with Gasteiger partial charge in [0.15, 0.2) is 0 Å². The van der Waals surface area contributed by atoms with Crippen LogP contribution >= 0.6 is 0 Å². The Balaban J connectivity index is 2.38. The summed E-state index contributed by atoms with van der Waals surface area (Å²) in [7, 11) is 0. The van der Waals surface area contributed by atoms with Gasteiger partial charge < -0.3 is 15.4 Å². The summed E-state index contributed by atoms with van der Waals surface area (Å²) in [6.45, 7) is 8.98. The molecule has 0 unspecified atom stereocenters. The first kappa shape index (κ1) is 18.4. The predicted molar refractivity (Wildman–Crippen MR) is 94.4 cm³/mol. The van der Waals surface area contributed by atoms with Gasteiger partial charge in [-0.15, -0.1) is 0 Å². The maximum absolute atomic E-state index is 12.5. The topological polar surface area (TPSA) is 112 Å². The molecule has 0 atom stereocenters. The van der Waals surface area contributed by atoms with Gasteiger partial charge >= 0.3 is 5.97 Å². The Labute approximate surface area is 145 Å². The van der Waals surface area contributed by atoms with Gasteiger partial charge in [-0.25, -0.2) is 9.78 Å². The molecule has 7 heteroatoms. The molecule has 0 bridgehead atoms. The monoisotopic (exact) mass is 343 g/mol. The average molecular weight is 343 g/mol. The van der Waals surface area contributed by atoms with Crippen LogP contribution in [-0.4, -0.2) is 27.0 Å². The Morgan fingerprint density at radius 1 is 1.20 bits per heavy atom. The number of benzene rings is 1. The van der Waals surface area contributed by atoms with Gasteiger partial charge in [0.05, 0.1) is 11.3 Å². The van der Waals surface area contributed by atoms with E-state index in [9.17, 15) is 14.4 Å². The molecule has 2 rings (SSSR count). The number of anilines is 1. The molecular weight excluding hydrogens is 322 g/mol. The van der Waals surface area contributed by atoms with Crippen LogP contribution in [0, 0.1) is 13.8 Å². The van der Waals surface area contributed by atoms with Gasteiger partial charge in [-0.3, -0.25) is 9.59 Å². The number of aromatic amines is 1. The van der Waals surface area contributed by atoms with Crippen LogP contribution in [0.2, 0.25) is 0 Å². The minimum Gasteiger partial charge on any atom is -0.478 e. The highest BCUT2D eigenvalue weighted by atomic mass is 16.4. The molecule has 0 fully saturated rings. The van der Waals surface area contributed by atoms with Gasteiger partial charge in [0, 0.05) is 11.1 Å². The lowest BCUT2D eigenvalue weighted by Gasteiger charge is -2.18. The summed E-state index contributed by atoms with van der Waals surface area (Å²) in [6, 6.07) is 4.54. The lowest BCUT2D eigenvalue weighted by atomic mass is 9.95. The molecule has 7 nitrogen and oxygen atoms in total. The third kappa shape index (κ3) is 3.93. The van der Waals surface area contributed by atoms with Crippen molar-refractivity contribution in [3.63, 3.8) is 0 Å². The summed E-state index contributed by atoms with van der Waals surface area (Å²) in [6.07, 6.45) is 0. The van der Waals surface area contributed by atoms with Crippen LogP contribution in [0.15, 0.2) is 23.0 Å². The first-order valence-corrected chi connectivity index (χ1v) is 7.77. The molecule has 0 aliphatic carbocycles. The number of amides is 1. The lowest BCUT2D eigenvalue weighted by molar-refractivity contribution is 0.0695. The van der Waals surface area contributed by atoms with Crippen LogP contribution in [0.1, 0.15) is 58.6 Å². The van der Waals surface area contributed by atoms with Crippen LogP contribution in [0.25, 0.3) is 0 Å². The second-order valence-electron chi connectivity index (χ2n) is 6.91. The van der Waals surface area contributed by atoms with Gasteiger partial charge in [0.25, 0.3) is 11.5 Å². The molecule has 1 heterocycles. The Morgan fingerprint density at radius 2 is 1.84 bits per heavy atom. The fourth-order valence-corrected chi connectivity index (χ4v) is 2.33. The largest absolute Gasteiger partial charge is 0.478 e. The highest BCUT2D eigenvalue weighted by Crippen LogP contribution is 2.19. The van der Waals surface area contributed by atoms with Crippen LogP contribution in [0.5, 0.6) is 0 Å². The normalized spacial score (nSPS) is 11.2. The van der Waals surface area contributed by atoms with Crippen LogP contribution in [0.3, 0.4) is 0 Å². The molecule has 132 valence electrons. The average Bonchev–Trinajstić information content (AvgIpc) is 2.47. The summed E-state index contributed by atoms with van der Waals surface area (Å²) >= 11 is 0. The first-order chi connectivity index (χ1) is 11.5. The van der Waals surface area contributed by atoms with E-state index in [1.165, 1.54) is 6.07 Å². The summed E-state index contributed by atoms with van der Waals surface area (Å²) in [4.78, 5) is 42.9. The molecule has 1 aromatic heterocycles. The molecular formula is C18H21N3O4. The van der Waals surface area contributed by atoms with Gasteiger partial charge in [-0.05, 0) is 31.5 Å². The van der Waals surface area contributed by atoms with E-state index in [4.69, 9.17) is 5.11 Å². The van der Waals surface area contributed by atoms with Crippen molar-refractivity contribution in [1.82, 2.24) is 9.97 Å². The summed E-state index contributed by atoms with van der Waals surface area (Å²) in [5.41, 5.74) is 0.307. The number of hydrogen-bond acceptors (Lipinski definition) is 4. The standard InChI is InChI=1S/C18H21N3O4/c1-9-6-7-11(8-12(9)16(24)25)20-14(22)13-10(2)19-17(18(3,4)5)21-15(13)23/h6-8H,1-5H3,(H,20,22)(H,24,25)(H,19,21,23). The number of rotatable bonds is 3. The number of carbonyl (C=O) groups is 2. The zero-order valence-corrected chi connectivity index (χ0v) is 14.9. The predicted octanol–water partition coefficient (Wildman–Crippen LogP) is 2.63. The number of aryl methyl sites for hydroxylation is 2. The number of carboxylic acids is 1. The second kappa shape index (κ2) is 6.51. The number of nitrogens with zero attached hydrogens (tertiary/aromatic N) is 1. The number of aromatic nitrogens is 2. The maximum Gasteiger partial charge on any atom is 0.336 e. The van der Waals surface area contributed by atoms with E-state index in [2.05, 4.69) is 15.3 Å². The quantitative estimate of drug-likeness (QED) is 0.793. The second-order valence-corrected chi connectivity index (χ2v) is 6.91. The molecule has 0 saturated carbocycles. The van der Waals surface area contributed by atoms with E-state index in [1.807, 2.05) is 20.8 Å². The van der Waals surface area contributed by atoms with Crippen LogP contribution < -0.4 is 10.9 Å². The number of hydrogen-bond donors (Lipinski definition) is 3. The molecule has 0 aliphatic rings. The molecule has 2 aromatic rings. The molecule has 0 radical (unpaired) electrons. The molecule has 25 heavy (non-hydrogen) atoms. The van der Waals surface area contributed by atoms with Crippen molar-refractivity contribution in [1.29, 1.82) is 0 Å². The first-order valence-electron chi connectivity index (χ1n) is 7.77. The molecule has 0 saturated heterocycles. The third-order valence-corrected chi connectivity index (χ3v) is 3.76. The Kier molecular flexibility index (Phi) is 4.78. The third-order valence-electron chi connectivity index (χ3n) is 3.76. The Bertz CT molecular complexity index is 908. The van der Waals surface area contributed by atoms with E-state index in [0.29, 0.717) is 22.8 Å². The van der Waals surface area contributed by atoms with Crippen molar-refractivity contribution >= 4 is 17.6 Å². The minimum absolute atomic E-state index is 0.0876. The highest BCUT2D eigenvalue weighted by molar-refractivity contribution is 6.05. The fraction of sp³-hybridized carbons (Fsp3) is 0.333. The smallest absolute Gasteiger partial charge is 0.336 e. The van der Waals surface area contributed by atoms with E-state index < -0.39 is 17.4 Å². The van der Waals surface area contributed by atoms with Gasteiger partial charge in [-0.2, -0.15) is 0 Å². The number of carboxylic acid groups (broad SMARTS) is 1. The van der Waals surface area contributed by atoms with Crippen LogP contribution in [0.4, 0.5) is 5.69 Å². The van der Waals surface area contributed by atoms with Crippen molar-refractivity contribution in [2.75, 3.05) is 5.32 Å². The Morgan fingerprint density at radius 3 is 2.36 bits per heavy atom. The molecule has 3 N–H and O–H groups in total. The van der Waals surface area contributed by atoms with E-state index >= 15 is 0 Å². The van der Waals surface area contributed by atoms with Crippen molar-refractivity contribution in [2.45, 2.75) is 40.0 Å². The number of carbonyl (C=O) groups excluding carboxylic acids is 1. The van der Waals surface area contributed by atoms with Crippen molar-refractivity contribution < 1.29 is 14.7 Å². The number of nitrogens with one attached hydrogen (secondary N) is 2. The fourth-order valence-electron chi connectivity index (χ4n) is 2.33. The van der Waals surface area contributed by atoms with Crippen molar-refractivity contribution in [3.8, 4) is 0 Å². The molecule has 0 aliphatic heterocycles. The van der Waals surface area contributed by atoms with E-state index in [0.717, 1.165) is 0 Å². The number of aromatic carboxylic acids is 1. The zero-order valence-electron chi connectivity index (χ0n) is 14.9. The summed E-state index contributed by atoms with van der Waals surface area (Å²) in [5, 5.41) is 11.7. The van der Waals surface area contributed by atoms with E-state index in [1.54, 1.807) is 26.0 Å². The molecule has 1 aromatic carbocycles. The maximum atomic E-state index is 12.5. The number of H-pyrrole nitrogens is 1. The Hall–Kier alpha value is -2.96.